The number of nitrogens with two attached hydrogens (primary N) is 1. The first-order valence-electron chi connectivity index (χ1n) is 5.15. The normalized spacial score (nSPS) is 23.8. The number of hydrogen-bond donors (Lipinski definition) is 2. The number of nitrogens with zero attached hydrogens (tertiary/aromatic N) is 1. The molecule has 0 amide bonds. The lowest BCUT2D eigenvalue weighted by molar-refractivity contribution is 0.139. The van der Waals surface area contributed by atoms with Gasteiger partial charge in [0, 0.05) is 18.1 Å². The SMILES string of the molecule is CN(CC(C)(N)CO)C1CCCC1. The quantitative estimate of drug-likeness (QED) is 0.675. The van der Waals surface area contributed by atoms with Crippen LogP contribution in [0.25, 0.3) is 0 Å². The molecular weight excluding hydrogens is 164 g/mol. The maximum atomic E-state index is 9.03. The van der Waals surface area contributed by atoms with Crippen molar-refractivity contribution in [1.29, 1.82) is 0 Å². The Bertz CT molecular complexity index is 153. The summed E-state index contributed by atoms with van der Waals surface area (Å²) in [7, 11) is 2.11. The summed E-state index contributed by atoms with van der Waals surface area (Å²) in [6.07, 6.45) is 5.26. The molecule has 0 aromatic carbocycles. The molecule has 0 heterocycles. The Morgan fingerprint density at radius 2 is 2.00 bits per heavy atom. The van der Waals surface area contributed by atoms with Crippen molar-refractivity contribution in [3.63, 3.8) is 0 Å². The second-order valence-corrected chi connectivity index (χ2v) is 4.67. The van der Waals surface area contributed by atoms with Gasteiger partial charge in [-0.2, -0.15) is 0 Å². The number of hydrogen-bond acceptors (Lipinski definition) is 3. The molecule has 1 fully saturated rings. The molecule has 3 nitrogen and oxygen atoms in total. The van der Waals surface area contributed by atoms with Crippen LogP contribution in [0.3, 0.4) is 0 Å². The van der Waals surface area contributed by atoms with E-state index in [2.05, 4.69) is 11.9 Å². The zero-order valence-corrected chi connectivity index (χ0v) is 8.79. The summed E-state index contributed by atoms with van der Waals surface area (Å²) in [4.78, 5) is 2.29. The molecule has 1 unspecified atom stereocenters. The topological polar surface area (TPSA) is 49.5 Å². The van der Waals surface area contributed by atoms with E-state index in [1.807, 2.05) is 6.92 Å². The summed E-state index contributed by atoms with van der Waals surface area (Å²) >= 11 is 0. The van der Waals surface area contributed by atoms with Gasteiger partial charge in [0.05, 0.1) is 6.61 Å². The molecule has 0 aliphatic heterocycles. The van der Waals surface area contributed by atoms with Gasteiger partial charge in [-0.05, 0) is 26.8 Å². The summed E-state index contributed by atoms with van der Waals surface area (Å²) < 4.78 is 0. The third-order valence-corrected chi connectivity index (χ3v) is 2.92. The molecule has 0 aromatic rings. The molecular formula is C10H22N2O. The number of likely N-dealkylation sites (N-methyl/N-ethyl adjacent to an activating group) is 1. The van der Waals surface area contributed by atoms with E-state index in [9.17, 15) is 0 Å². The molecule has 78 valence electrons. The highest BCUT2D eigenvalue weighted by molar-refractivity contribution is 4.85. The van der Waals surface area contributed by atoms with E-state index in [4.69, 9.17) is 10.8 Å². The lowest BCUT2D eigenvalue weighted by Crippen LogP contribution is -2.51. The first kappa shape index (κ1) is 11.0. The Hall–Kier alpha value is -0.120. The summed E-state index contributed by atoms with van der Waals surface area (Å²) in [5, 5.41) is 9.03. The molecule has 13 heavy (non-hydrogen) atoms. The van der Waals surface area contributed by atoms with Gasteiger partial charge < -0.3 is 15.7 Å². The van der Waals surface area contributed by atoms with E-state index < -0.39 is 5.54 Å². The predicted molar refractivity (Wildman–Crippen MR) is 54.6 cm³/mol. The average Bonchev–Trinajstić information content (AvgIpc) is 2.55. The summed E-state index contributed by atoms with van der Waals surface area (Å²) in [5.41, 5.74) is 5.45. The van der Waals surface area contributed by atoms with Gasteiger partial charge in [0.1, 0.15) is 0 Å². The minimum atomic E-state index is -0.447. The summed E-state index contributed by atoms with van der Waals surface area (Å²) in [5.74, 6) is 0. The van der Waals surface area contributed by atoms with Crippen molar-refractivity contribution < 1.29 is 5.11 Å². The molecule has 1 rings (SSSR count). The van der Waals surface area contributed by atoms with Crippen LogP contribution >= 0.6 is 0 Å². The Morgan fingerprint density at radius 3 is 2.46 bits per heavy atom. The van der Waals surface area contributed by atoms with Crippen LogP contribution < -0.4 is 5.73 Å². The summed E-state index contributed by atoms with van der Waals surface area (Å²) in [6.45, 7) is 2.75. The van der Waals surface area contributed by atoms with Crippen molar-refractivity contribution >= 4 is 0 Å². The van der Waals surface area contributed by atoms with Crippen molar-refractivity contribution in [2.24, 2.45) is 5.73 Å². The monoisotopic (exact) mass is 186 g/mol. The fraction of sp³-hybridized carbons (Fsp3) is 1.00. The van der Waals surface area contributed by atoms with Crippen LogP contribution in [0.5, 0.6) is 0 Å². The van der Waals surface area contributed by atoms with E-state index in [0.29, 0.717) is 6.04 Å². The lowest BCUT2D eigenvalue weighted by Gasteiger charge is -2.32. The molecule has 1 aliphatic carbocycles. The molecule has 1 saturated carbocycles. The average molecular weight is 186 g/mol. The highest BCUT2D eigenvalue weighted by Gasteiger charge is 2.25. The van der Waals surface area contributed by atoms with E-state index >= 15 is 0 Å². The van der Waals surface area contributed by atoms with Gasteiger partial charge in [-0.15, -0.1) is 0 Å². The Morgan fingerprint density at radius 1 is 1.46 bits per heavy atom. The van der Waals surface area contributed by atoms with Gasteiger partial charge in [-0.1, -0.05) is 12.8 Å². The fourth-order valence-electron chi connectivity index (χ4n) is 2.09. The van der Waals surface area contributed by atoms with Crippen LogP contribution in [-0.4, -0.2) is 41.8 Å². The van der Waals surface area contributed by atoms with Crippen molar-refractivity contribution in [2.75, 3.05) is 20.2 Å². The van der Waals surface area contributed by atoms with Crippen LogP contribution in [0.4, 0.5) is 0 Å². The number of rotatable bonds is 4. The molecule has 0 radical (unpaired) electrons. The Labute approximate surface area is 80.9 Å². The first-order chi connectivity index (χ1) is 6.05. The molecule has 3 heteroatoms. The van der Waals surface area contributed by atoms with Gasteiger partial charge >= 0.3 is 0 Å². The lowest BCUT2D eigenvalue weighted by atomic mass is 10.0. The fourth-order valence-corrected chi connectivity index (χ4v) is 2.09. The van der Waals surface area contributed by atoms with Crippen LogP contribution in [0, 0.1) is 0 Å². The summed E-state index contributed by atoms with van der Waals surface area (Å²) in [6, 6.07) is 0.689. The second-order valence-electron chi connectivity index (χ2n) is 4.67. The van der Waals surface area contributed by atoms with Gasteiger partial charge in [-0.25, -0.2) is 0 Å². The van der Waals surface area contributed by atoms with E-state index in [1.54, 1.807) is 0 Å². The predicted octanol–water partition coefficient (Wildman–Crippen LogP) is 0.570. The zero-order chi connectivity index (χ0) is 9.90. The number of aliphatic hydroxyl groups excluding tert-OH is 1. The highest BCUT2D eigenvalue weighted by Crippen LogP contribution is 2.23. The Balaban J connectivity index is 2.35. The van der Waals surface area contributed by atoms with Crippen molar-refractivity contribution in [1.82, 2.24) is 4.90 Å². The van der Waals surface area contributed by atoms with Crippen LogP contribution in [0.1, 0.15) is 32.6 Å². The maximum absolute atomic E-state index is 9.03. The van der Waals surface area contributed by atoms with Gasteiger partial charge in [0.25, 0.3) is 0 Å². The van der Waals surface area contributed by atoms with Crippen molar-refractivity contribution in [3.05, 3.63) is 0 Å². The zero-order valence-electron chi connectivity index (χ0n) is 8.79. The Kier molecular flexibility index (Phi) is 3.71. The van der Waals surface area contributed by atoms with E-state index in [-0.39, 0.29) is 6.61 Å². The van der Waals surface area contributed by atoms with Crippen LogP contribution in [0.15, 0.2) is 0 Å². The van der Waals surface area contributed by atoms with E-state index in [1.165, 1.54) is 25.7 Å². The van der Waals surface area contributed by atoms with E-state index in [0.717, 1.165) is 6.54 Å². The number of aliphatic hydroxyl groups is 1. The van der Waals surface area contributed by atoms with Gasteiger partial charge in [0.15, 0.2) is 0 Å². The van der Waals surface area contributed by atoms with Crippen LogP contribution in [-0.2, 0) is 0 Å². The van der Waals surface area contributed by atoms with Crippen molar-refractivity contribution in [2.45, 2.75) is 44.2 Å². The molecule has 0 bridgehead atoms. The minimum absolute atomic E-state index is 0.0596. The molecule has 3 N–H and O–H groups in total. The highest BCUT2D eigenvalue weighted by atomic mass is 16.3. The second kappa shape index (κ2) is 4.40. The van der Waals surface area contributed by atoms with Gasteiger partial charge in [0.2, 0.25) is 0 Å². The largest absolute Gasteiger partial charge is 0.394 e. The third kappa shape index (κ3) is 3.25. The molecule has 0 spiro atoms. The molecule has 1 aliphatic rings. The van der Waals surface area contributed by atoms with Gasteiger partial charge in [-0.3, -0.25) is 0 Å². The minimum Gasteiger partial charge on any atom is -0.394 e. The molecule has 0 saturated heterocycles. The maximum Gasteiger partial charge on any atom is 0.0621 e. The first-order valence-corrected chi connectivity index (χ1v) is 5.15. The van der Waals surface area contributed by atoms with Crippen molar-refractivity contribution in [3.8, 4) is 0 Å². The smallest absolute Gasteiger partial charge is 0.0621 e. The molecule has 1 atom stereocenters. The van der Waals surface area contributed by atoms with Crippen LogP contribution in [0.2, 0.25) is 0 Å². The standard InChI is InChI=1S/C10H22N2O/c1-10(11,8-13)7-12(2)9-5-3-4-6-9/h9,13H,3-8,11H2,1-2H3. The molecule has 0 aromatic heterocycles. The third-order valence-electron chi connectivity index (χ3n) is 2.92.